The van der Waals surface area contributed by atoms with E-state index in [1.807, 2.05) is 31.2 Å². The first kappa shape index (κ1) is 12.8. The molecule has 2 aromatic rings. The van der Waals surface area contributed by atoms with Gasteiger partial charge >= 0.3 is 0 Å². The largest absolute Gasteiger partial charge is 0.284 e. The summed E-state index contributed by atoms with van der Waals surface area (Å²) >= 11 is 0. The smallest absolute Gasteiger partial charge is 0.246 e. The normalized spacial score (nSPS) is 11.9. The van der Waals surface area contributed by atoms with Gasteiger partial charge in [0.05, 0.1) is 6.20 Å². The van der Waals surface area contributed by atoms with Crippen molar-refractivity contribution in [1.29, 1.82) is 0 Å². The maximum absolute atomic E-state index is 12.2. The van der Waals surface area contributed by atoms with Gasteiger partial charge in [-0.2, -0.15) is 9.40 Å². The van der Waals surface area contributed by atoms with Gasteiger partial charge in [0.1, 0.15) is 4.90 Å². The van der Waals surface area contributed by atoms with Gasteiger partial charge < -0.3 is 0 Å². The molecule has 0 saturated carbocycles. The minimum absolute atomic E-state index is 0.179. The topological polar surface area (TPSA) is 66.1 Å². The number of benzene rings is 1. The number of aromatic nitrogens is 2. The van der Waals surface area contributed by atoms with E-state index < -0.39 is 10.0 Å². The molecule has 1 N–H and O–H groups in total. The summed E-state index contributed by atoms with van der Waals surface area (Å²) in [7, 11) is -1.91. The Labute approximate surface area is 107 Å². The monoisotopic (exact) mass is 265 g/mol. The molecule has 0 radical (unpaired) electrons. The molecule has 1 heterocycles. The summed E-state index contributed by atoms with van der Waals surface area (Å²) < 4.78 is 25.7. The van der Waals surface area contributed by atoms with Gasteiger partial charge in [0, 0.05) is 19.8 Å². The van der Waals surface area contributed by atoms with Gasteiger partial charge in [-0.15, -0.1) is 0 Å². The highest BCUT2D eigenvalue weighted by molar-refractivity contribution is 7.89. The number of rotatable bonds is 4. The molecule has 2 rings (SSSR count). The highest BCUT2D eigenvalue weighted by Gasteiger charge is 2.22. The SMILES string of the molecule is Cc1ccccc1CN(C)S(=O)(=O)c1cn[nH]c1. The summed E-state index contributed by atoms with van der Waals surface area (Å²) in [6.07, 6.45) is 2.69. The summed E-state index contributed by atoms with van der Waals surface area (Å²) in [6.45, 7) is 2.31. The van der Waals surface area contributed by atoms with E-state index in [0.717, 1.165) is 11.1 Å². The van der Waals surface area contributed by atoms with Crippen LogP contribution in [0.2, 0.25) is 0 Å². The second-order valence-electron chi connectivity index (χ2n) is 4.12. The van der Waals surface area contributed by atoms with Gasteiger partial charge in [0.25, 0.3) is 0 Å². The summed E-state index contributed by atoms with van der Waals surface area (Å²) in [5, 5.41) is 6.17. The fraction of sp³-hybridized carbons (Fsp3) is 0.250. The lowest BCUT2D eigenvalue weighted by molar-refractivity contribution is 0.466. The van der Waals surface area contributed by atoms with Crippen molar-refractivity contribution in [3.63, 3.8) is 0 Å². The first-order chi connectivity index (χ1) is 8.51. The maximum Gasteiger partial charge on any atom is 0.246 e. The molecule has 1 aromatic carbocycles. The van der Waals surface area contributed by atoms with E-state index in [4.69, 9.17) is 0 Å². The third kappa shape index (κ3) is 2.44. The average Bonchev–Trinajstić information content (AvgIpc) is 2.86. The third-order valence-electron chi connectivity index (χ3n) is 2.84. The van der Waals surface area contributed by atoms with E-state index >= 15 is 0 Å². The molecule has 6 heteroatoms. The Kier molecular flexibility index (Phi) is 3.49. The molecular weight excluding hydrogens is 250 g/mol. The molecule has 0 amide bonds. The minimum Gasteiger partial charge on any atom is -0.284 e. The van der Waals surface area contributed by atoms with Crippen LogP contribution in [0.3, 0.4) is 0 Å². The number of hydrogen-bond donors (Lipinski definition) is 1. The molecule has 18 heavy (non-hydrogen) atoms. The lowest BCUT2D eigenvalue weighted by Gasteiger charge is -2.17. The van der Waals surface area contributed by atoms with Crippen LogP contribution in [0.25, 0.3) is 0 Å². The van der Waals surface area contributed by atoms with E-state index in [1.54, 1.807) is 7.05 Å². The van der Waals surface area contributed by atoms with E-state index in [1.165, 1.54) is 16.7 Å². The van der Waals surface area contributed by atoms with Crippen LogP contribution in [0.5, 0.6) is 0 Å². The number of sulfonamides is 1. The van der Waals surface area contributed by atoms with Crippen LogP contribution in [0, 0.1) is 6.92 Å². The van der Waals surface area contributed by atoms with Crippen molar-refractivity contribution >= 4 is 10.0 Å². The Morgan fingerprint density at radius 1 is 1.33 bits per heavy atom. The van der Waals surface area contributed by atoms with E-state index in [2.05, 4.69) is 10.2 Å². The zero-order chi connectivity index (χ0) is 13.2. The van der Waals surface area contributed by atoms with Crippen LogP contribution < -0.4 is 0 Å². The molecule has 96 valence electrons. The standard InChI is InChI=1S/C12H15N3O2S/c1-10-5-3-4-6-11(10)9-15(2)18(16,17)12-7-13-14-8-12/h3-8H,9H2,1-2H3,(H,13,14). The lowest BCUT2D eigenvalue weighted by atomic mass is 10.1. The fourth-order valence-corrected chi connectivity index (χ4v) is 2.73. The molecular formula is C12H15N3O2S. The molecule has 0 unspecified atom stereocenters. The van der Waals surface area contributed by atoms with Gasteiger partial charge in [-0.1, -0.05) is 24.3 Å². The van der Waals surface area contributed by atoms with Crippen LogP contribution in [-0.2, 0) is 16.6 Å². The minimum atomic E-state index is -3.47. The first-order valence-electron chi connectivity index (χ1n) is 5.51. The molecule has 0 saturated heterocycles. The molecule has 0 aliphatic carbocycles. The molecule has 1 aromatic heterocycles. The zero-order valence-corrected chi connectivity index (χ0v) is 11.1. The second kappa shape index (κ2) is 4.91. The number of H-pyrrole nitrogens is 1. The van der Waals surface area contributed by atoms with Crippen LogP contribution in [0.15, 0.2) is 41.6 Å². The highest BCUT2D eigenvalue weighted by Crippen LogP contribution is 2.16. The Bertz CT molecular complexity index is 621. The van der Waals surface area contributed by atoms with Crippen molar-refractivity contribution in [2.45, 2.75) is 18.4 Å². The quantitative estimate of drug-likeness (QED) is 0.912. The Balaban J connectivity index is 2.24. The van der Waals surface area contributed by atoms with Crippen LogP contribution in [0.4, 0.5) is 0 Å². The Morgan fingerprint density at radius 3 is 2.67 bits per heavy atom. The van der Waals surface area contributed by atoms with Gasteiger partial charge in [-0.05, 0) is 18.1 Å². The number of hydrogen-bond acceptors (Lipinski definition) is 3. The van der Waals surface area contributed by atoms with Crippen molar-refractivity contribution in [3.05, 3.63) is 47.8 Å². The third-order valence-corrected chi connectivity index (χ3v) is 4.60. The Morgan fingerprint density at radius 2 is 2.06 bits per heavy atom. The van der Waals surface area contributed by atoms with Crippen molar-refractivity contribution in [2.24, 2.45) is 0 Å². The van der Waals surface area contributed by atoms with E-state index in [9.17, 15) is 8.42 Å². The average molecular weight is 265 g/mol. The lowest BCUT2D eigenvalue weighted by Crippen LogP contribution is -2.26. The number of nitrogens with zero attached hydrogens (tertiary/aromatic N) is 2. The molecule has 0 aliphatic rings. The van der Waals surface area contributed by atoms with Crippen LogP contribution in [0.1, 0.15) is 11.1 Å². The first-order valence-corrected chi connectivity index (χ1v) is 6.95. The molecule has 0 atom stereocenters. The molecule has 0 aliphatic heterocycles. The van der Waals surface area contributed by atoms with Crippen LogP contribution in [-0.4, -0.2) is 30.0 Å². The Hall–Kier alpha value is -1.66. The van der Waals surface area contributed by atoms with Crippen molar-refractivity contribution in [2.75, 3.05) is 7.05 Å². The van der Waals surface area contributed by atoms with E-state index in [0.29, 0.717) is 6.54 Å². The van der Waals surface area contributed by atoms with E-state index in [-0.39, 0.29) is 4.90 Å². The summed E-state index contributed by atoms with van der Waals surface area (Å²) in [5.41, 5.74) is 2.07. The number of aromatic amines is 1. The van der Waals surface area contributed by atoms with Crippen molar-refractivity contribution in [3.8, 4) is 0 Å². The van der Waals surface area contributed by atoms with Gasteiger partial charge in [0.2, 0.25) is 10.0 Å². The van der Waals surface area contributed by atoms with Gasteiger partial charge in [-0.3, -0.25) is 5.10 Å². The van der Waals surface area contributed by atoms with Gasteiger partial charge in [-0.25, -0.2) is 8.42 Å². The second-order valence-corrected chi connectivity index (χ2v) is 6.17. The van der Waals surface area contributed by atoms with Gasteiger partial charge in [0.15, 0.2) is 0 Å². The fourth-order valence-electron chi connectivity index (χ4n) is 1.67. The molecule has 0 fully saturated rings. The van der Waals surface area contributed by atoms with Crippen LogP contribution >= 0.6 is 0 Å². The molecule has 0 bridgehead atoms. The van der Waals surface area contributed by atoms with Crippen molar-refractivity contribution in [1.82, 2.24) is 14.5 Å². The van der Waals surface area contributed by atoms with Crippen molar-refractivity contribution < 1.29 is 8.42 Å². The molecule has 0 spiro atoms. The predicted octanol–water partition coefficient (Wildman–Crippen LogP) is 1.54. The number of nitrogens with one attached hydrogen (secondary N) is 1. The predicted molar refractivity (Wildman–Crippen MR) is 68.4 cm³/mol. The summed E-state index contributed by atoms with van der Waals surface area (Å²) in [5.74, 6) is 0. The highest BCUT2D eigenvalue weighted by atomic mass is 32.2. The molecule has 5 nitrogen and oxygen atoms in total. The number of aryl methyl sites for hydroxylation is 1. The zero-order valence-electron chi connectivity index (χ0n) is 10.3. The summed E-state index contributed by atoms with van der Waals surface area (Å²) in [4.78, 5) is 0.179. The summed E-state index contributed by atoms with van der Waals surface area (Å²) in [6, 6.07) is 7.73. The maximum atomic E-state index is 12.2.